The average molecular weight is 310 g/mol. The standard InChI is InChI=1S/C14H18N2O4S/c1-20-13(17)10-4-5-12(16(18)19)11(8-10)15-9-14(21-2)6-3-7-14/h4-5,8,15H,3,6-7,9H2,1-2H3. The summed E-state index contributed by atoms with van der Waals surface area (Å²) in [5.41, 5.74) is 0.638. The Balaban J connectivity index is 2.22. The molecule has 0 amide bonds. The first kappa shape index (κ1) is 15.6. The predicted octanol–water partition coefficient (Wildman–Crippen LogP) is 3.08. The summed E-state index contributed by atoms with van der Waals surface area (Å²) in [7, 11) is 1.29. The smallest absolute Gasteiger partial charge is 0.337 e. The van der Waals surface area contributed by atoms with Gasteiger partial charge in [0.15, 0.2) is 0 Å². The summed E-state index contributed by atoms with van der Waals surface area (Å²) in [6, 6.07) is 4.22. The summed E-state index contributed by atoms with van der Waals surface area (Å²) in [5, 5.41) is 14.2. The number of methoxy groups -OCH3 is 1. The Morgan fingerprint density at radius 3 is 2.71 bits per heavy atom. The molecule has 0 heterocycles. The second-order valence-electron chi connectivity index (χ2n) is 5.07. The summed E-state index contributed by atoms with van der Waals surface area (Å²) in [4.78, 5) is 22.2. The molecule has 1 aliphatic carbocycles. The number of anilines is 1. The van der Waals surface area contributed by atoms with E-state index in [9.17, 15) is 14.9 Å². The van der Waals surface area contributed by atoms with Gasteiger partial charge in [0, 0.05) is 17.4 Å². The van der Waals surface area contributed by atoms with Crippen molar-refractivity contribution in [1.29, 1.82) is 0 Å². The van der Waals surface area contributed by atoms with Gasteiger partial charge in [0.05, 0.1) is 17.6 Å². The van der Waals surface area contributed by atoms with Crippen molar-refractivity contribution in [3.05, 3.63) is 33.9 Å². The number of benzene rings is 1. The molecule has 1 fully saturated rings. The van der Waals surface area contributed by atoms with E-state index >= 15 is 0 Å². The molecule has 0 saturated heterocycles. The second-order valence-corrected chi connectivity index (χ2v) is 6.35. The Morgan fingerprint density at radius 1 is 1.52 bits per heavy atom. The van der Waals surface area contributed by atoms with Gasteiger partial charge in [0.25, 0.3) is 5.69 Å². The number of hydrogen-bond donors (Lipinski definition) is 1. The number of thioether (sulfide) groups is 1. The first-order valence-corrected chi connectivity index (χ1v) is 7.89. The third kappa shape index (κ3) is 3.29. The molecule has 2 rings (SSSR count). The monoisotopic (exact) mass is 310 g/mol. The first-order chi connectivity index (χ1) is 10.0. The number of carbonyl (C=O) groups is 1. The molecule has 7 heteroatoms. The van der Waals surface area contributed by atoms with Crippen LogP contribution in [0.3, 0.4) is 0 Å². The molecule has 0 atom stereocenters. The van der Waals surface area contributed by atoms with Crippen LogP contribution in [0.15, 0.2) is 18.2 Å². The highest BCUT2D eigenvalue weighted by atomic mass is 32.2. The van der Waals surface area contributed by atoms with Crippen molar-refractivity contribution in [2.24, 2.45) is 0 Å². The zero-order valence-electron chi connectivity index (χ0n) is 12.0. The van der Waals surface area contributed by atoms with Gasteiger partial charge in [-0.3, -0.25) is 10.1 Å². The van der Waals surface area contributed by atoms with Crippen LogP contribution in [0, 0.1) is 10.1 Å². The van der Waals surface area contributed by atoms with E-state index in [0.717, 1.165) is 12.8 Å². The van der Waals surface area contributed by atoms with Crippen molar-refractivity contribution >= 4 is 29.1 Å². The highest BCUT2D eigenvalue weighted by Gasteiger charge is 2.36. The maximum absolute atomic E-state index is 11.5. The number of rotatable bonds is 6. The number of nitrogens with one attached hydrogen (secondary N) is 1. The molecule has 1 N–H and O–H groups in total. The highest BCUT2D eigenvalue weighted by molar-refractivity contribution is 8.00. The van der Waals surface area contributed by atoms with Crippen molar-refractivity contribution in [3.8, 4) is 0 Å². The molecule has 0 radical (unpaired) electrons. The number of esters is 1. The van der Waals surface area contributed by atoms with E-state index in [2.05, 4.69) is 16.3 Å². The number of nitro groups is 1. The van der Waals surface area contributed by atoms with E-state index in [4.69, 9.17) is 0 Å². The molecule has 1 aliphatic rings. The van der Waals surface area contributed by atoms with Gasteiger partial charge in [-0.1, -0.05) is 6.42 Å². The molecule has 0 aromatic heterocycles. The van der Waals surface area contributed by atoms with Gasteiger partial charge in [0.2, 0.25) is 0 Å². The fourth-order valence-electron chi connectivity index (χ4n) is 2.36. The molecular weight excluding hydrogens is 292 g/mol. The van der Waals surface area contributed by atoms with Gasteiger partial charge < -0.3 is 10.1 Å². The van der Waals surface area contributed by atoms with E-state index in [-0.39, 0.29) is 10.4 Å². The topological polar surface area (TPSA) is 81.5 Å². The van der Waals surface area contributed by atoms with Gasteiger partial charge in [-0.25, -0.2) is 4.79 Å². The Kier molecular flexibility index (Phi) is 4.72. The van der Waals surface area contributed by atoms with Gasteiger partial charge >= 0.3 is 5.97 Å². The van der Waals surface area contributed by atoms with Crippen LogP contribution in [0.1, 0.15) is 29.6 Å². The third-order valence-electron chi connectivity index (χ3n) is 3.91. The minimum Gasteiger partial charge on any atom is -0.465 e. The van der Waals surface area contributed by atoms with Gasteiger partial charge in [-0.15, -0.1) is 0 Å². The largest absolute Gasteiger partial charge is 0.465 e. The van der Waals surface area contributed by atoms with E-state index in [1.807, 2.05) is 0 Å². The molecule has 0 unspecified atom stereocenters. The Labute approximate surface area is 127 Å². The molecule has 0 aliphatic heterocycles. The van der Waals surface area contributed by atoms with Crippen LogP contribution in [0.4, 0.5) is 11.4 Å². The zero-order chi connectivity index (χ0) is 15.5. The van der Waals surface area contributed by atoms with E-state index in [1.165, 1.54) is 31.7 Å². The Morgan fingerprint density at radius 2 is 2.24 bits per heavy atom. The summed E-state index contributed by atoms with van der Waals surface area (Å²) >= 11 is 1.78. The van der Waals surface area contributed by atoms with Crippen LogP contribution in [0.2, 0.25) is 0 Å². The lowest BCUT2D eigenvalue weighted by Gasteiger charge is -2.40. The predicted molar refractivity (Wildman–Crippen MR) is 83.0 cm³/mol. The maximum Gasteiger partial charge on any atom is 0.337 e. The van der Waals surface area contributed by atoms with Crippen molar-refractivity contribution in [1.82, 2.24) is 0 Å². The second kappa shape index (κ2) is 6.34. The molecule has 1 aromatic rings. The van der Waals surface area contributed by atoms with Gasteiger partial charge in [0.1, 0.15) is 5.69 Å². The van der Waals surface area contributed by atoms with E-state index < -0.39 is 10.9 Å². The highest BCUT2D eigenvalue weighted by Crippen LogP contribution is 2.43. The fourth-order valence-corrected chi connectivity index (χ4v) is 3.28. The number of ether oxygens (including phenoxy) is 1. The number of hydrogen-bond acceptors (Lipinski definition) is 6. The third-order valence-corrected chi connectivity index (χ3v) is 5.33. The average Bonchev–Trinajstić information content (AvgIpc) is 2.45. The minimum atomic E-state index is -0.504. The number of nitrogens with zero attached hydrogens (tertiary/aromatic N) is 1. The van der Waals surface area contributed by atoms with Gasteiger partial charge in [-0.05, 0) is 31.2 Å². The quantitative estimate of drug-likeness (QED) is 0.494. The minimum absolute atomic E-state index is 0.0294. The maximum atomic E-state index is 11.5. The molecule has 0 spiro atoms. The van der Waals surface area contributed by atoms with Crippen LogP contribution in [-0.2, 0) is 4.74 Å². The van der Waals surface area contributed by atoms with Gasteiger partial charge in [-0.2, -0.15) is 11.8 Å². The van der Waals surface area contributed by atoms with Crippen LogP contribution >= 0.6 is 11.8 Å². The molecule has 1 saturated carbocycles. The summed E-state index contributed by atoms with van der Waals surface area (Å²) in [6.07, 6.45) is 5.45. The van der Waals surface area contributed by atoms with Crippen LogP contribution < -0.4 is 5.32 Å². The van der Waals surface area contributed by atoms with Crippen LogP contribution in [0.5, 0.6) is 0 Å². The van der Waals surface area contributed by atoms with Crippen molar-refractivity contribution < 1.29 is 14.5 Å². The fraction of sp³-hybridized carbons (Fsp3) is 0.500. The normalized spacial score (nSPS) is 15.9. The Hall–Kier alpha value is -1.76. The number of carbonyl (C=O) groups excluding carboxylic acids is 1. The SMILES string of the molecule is COC(=O)c1ccc([N+](=O)[O-])c(NCC2(SC)CCC2)c1. The summed E-state index contributed by atoms with van der Waals surface area (Å²) < 4.78 is 4.80. The first-order valence-electron chi connectivity index (χ1n) is 6.67. The number of nitro benzene ring substituents is 1. The van der Waals surface area contributed by atoms with E-state index in [0.29, 0.717) is 17.8 Å². The molecule has 1 aromatic carbocycles. The van der Waals surface area contributed by atoms with Crippen LogP contribution in [0.25, 0.3) is 0 Å². The molecule has 6 nitrogen and oxygen atoms in total. The Bertz CT molecular complexity index is 552. The lowest BCUT2D eigenvalue weighted by atomic mass is 9.84. The molecule has 114 valence electrons. The summed E-state index contributed by atoms with van der Waals surface area (Å²) in [6.45, 7) is 0.652. The van der Waals surface area contributed by atoms with Crippen molar-refractivity contribution in [2.45, 2.75) is 24.0 Å². The molecular formula is C14H18N2O4S. The lowest BCUT2D eigenvalue weighted by molar-refractivity contribution is -0.384. The zero-order valence-corrected chi connectivity index (χ0v) is 12.9. The molecule has 21 heavy (non-hydrogen) atoms. The lowest BCUT2D eigenvalue weighted by Crippen LogP contribution is -2.40. The van der Waals surface area contributed by atoms with Crippen molar-refractivity contribution in [2.75, 3.05) is 25.2 Å². The van der Waals surface area contributed by atoms with E-state index in [1.54, 1.807) is 11.8 Å². The summed E-state index contributed by atoms with van der Waals surface area (Å²) in [5.74, 6) is -0.504. The molecule has 0 bridgehead atoms. The van der Waals surface area contributed by atoms with Crippen LogP contribution in [-0.4, -0.2) is 35.5 Å². The van der Waals surface area contributed by atoms with Crippen molar-refractivity contribution in [3.63, 3.8) is 0 Å².